The van der Waals surface area contributed by atoms with Crippen molar-refractivity contribution in [1.29, 1.82) is 0 Å². The van der Waals surface area contributed by atoms with Crippen molar-refractivity contribution in [3.63, 3.8) is 0 Å². The molecule has 9 heteroatoms. The van der Waals surface area contributed by atoms with Gasteiger partial charge in [-0.2, -0.15) is 0 Å². The van der Waals surface area contributed by atoms with Crippen molar-refractivity contribution in [2.24, 2.45) is 0 Å². The predicted octanol–water partition coefficient (Wildman–Crippen LogP) is 32.7. The van der Waals surface area contributed by atoms with Gasteiger partial charge in [-0.05, 0) is 342 Å². The second kappa shape index (κ2) is 32.9. The number of anilines is 14. The number of nitrogens with zero attached hydrogens (tertiary/aromatic N) is 4. The van der Waals surface area contributed by atoms with E-state index in [4.69, 9.17) is 0 Å². The SMILES string of the molecule is CC1(C)c2cc(Br)c(Br)cc2C(C)(C)c2cc(Br)c(Br)cc21.Cc1ccccc1N(c1ccccc1C)c1cc2c(cc1N(c1ccccc1C)c1ccccc1C)C(C)(C)c1cc(N(c3ccccc3C)c3ccccc3C)c(N(c3ccccc3C)c3ccccc3C)cc1C2(C)C.Cc1ccccc1Nc1ccccc1C. The Labute approximate surface area is 717 Å². The first-order valence-corrected chi connectivity index (χ1v) is 43.0. The quantitative estimate of drug-likeness (QED) is 0.117. The van der Waals surface area contributed by atoms with Crippen LogP contribution in [-0.2, 0) is 21.7 Å². The predicted molar refractivity (Wildman–Crippen MR) is 507 cm³/mol. The zero-order valence-corrected chi connectivity index (χ0v) is 75.9. The van der Waals surface area contributed by atoms with Crippen LogP contribution in [0.5, 0.6) is 0 Å². The summed E-state index contributed by atoms with van der Waals surface area (Å²) < 4.78 is 4.43. The van der Waals surface area contributed by atoms with E-state index in [0.29, 0.717) is 0 Å². The van der Waals surface area contributed by atoms with Crippen LogP contribution in [0.2, 0.25) is 0 Å². The molecule has 115 heavy (non-hydrogen) atoms. The summed E-state index contributed by atoms with van der Waals surface area (Å²) in [6, 6.07) is 107. The van der Waals surface area contributed by atoms with Crippen LogP contribution in [0.4, 0.5) is 79.6 Å². The number of benzene rings is 14. The van der Waals surface area contributed by atoms with Crippen molar-refractivity contribution in [2.45, 2.75) is 146 Å². The maximum Gasteiger partial charge on any atom is 0.0705 e. The minimum absolute atomic E-state index is 0.0351. The highest BCUT2D eigenvalue weighted by molar-refractivity contribution is 9.13. The summed E-state index contributed by atoms with van der Waals surface area (Å²) in [5, 5.41) is 3.44. The van der Waals surface area contributed by atoms with Gasteiger partial charge in [0, 0.05) is 96.4 Å². The highest BCUT2D eigenvalue weighted by Crippen LogP contribution is 2.61. The topological polar surface area (TPSA) is 25.0 Å². The second-order valence-electron chi connectivity index (χ2n) is 33.3. The zero-order chi connectivity index (χ0) is 81.7. The summed E-state index contributed by atoms with van der Waals surface area (Å²) >= 11 is 14.7. The molecule has 0 radical (unpaired) electrons. The Kier molecular flexibility index (Phi) is 23.4. The van der Waals surface area contributed by atoms with Gasteiger partial charge >= 0.3 is 0 Å². The van der Waals surface area contributed by atoms with E-state index in [2.05, 4.69) is 492 Å². The molecule has 1 N–H and O–H groups in total. The molecule has 580 valence electrons. The number of aryl methyl sites for hydroxylation is 10. The van der Waals surface area contributed by atoms with Crippen LogP contribution in [0.25, 0.3) is 0 Å². The van der Waals surface area contributed by atoms with Gasteiger partial charge in [-0.1, -0.05) is 237 Å². The number of hydrogen-bond acceptors (Lipinski definition) is 5. The lowest BCUT2D eigenvalue weighted by Gasteiger charge is -2.47. The molecule has 14 aromatic rings. The van der Waals surface area contributed by atoms with E-state index < -0.39 is 10.8 Å². The Bertz CT molecular complexity index is 5170. The molecule has 0 heterocycles. The Morgan fingerprint density at radius 1 is 0.183 bits per heavy atom. The molecule has 2 aliphatic rings. The Hall–Kier alpha value is -10.0. The first kappa shape index (κ1) is 81.6. The lowest BCUT2D eigenvalue weighted by molar-refractivity contribution is 0.519. The van der Waals surface area contributed by atoms with Gasteiger partial charge in [0.25, 0.3) is 0 Å². The summed E-state index contributed by atoms with van der Waals surface area (Å²) in [7, 11) is 0. The molecule has 2 aliphatic carbocycles. The van der Waals surface area contributed by atoms with Crippen LogP contribution >= 0.6 is 63.7 Å². The first-order valence-electron chi connectivity index (χ1n) is 39.8. The molecule has 0 amide bonds. The molecule has 0 aromatic heterocycles. The smallest absolute Gasteiger partial charge is 0.0705 e. The molecule has 0 spiro atoms. The molecular formula is C106H103Br4N5. The molecule has 0 saturated carbocycles. The van der Waals surface area contributed by atoms with Crippen LogP contribution in [0, 0.1) is 69.2 Å². The molecular weight excluding hydrogens is 1660 g/mol. The second-order valence-corrected chi connectivity index (χ2v) is 36.7. The molecule has 5 nitrogen and oxygen atoms in total. The minimum Gasteiger partial charge on any atom is -0.355 e. The first-order chi connectivity index (χ1) is 54.9. The third-order valence-corrected chi connectivity index (χ3v) is 27.8. The van der Waals surface area contributed by atoms with E-state index in [-0.39, 0.29) is 10.8 Å². The van der Waals surface area contributed by atoms with E-state index in [0.717, 1.165) is 86.1 Å². The fraction of sp³-hybridized carbons (Fsp3) is 0.208. The lowest BCUT2D eigenvalue weighted by Crippen LogP contribution is -2.38. The molecule has 0 bridgehead atoms. The minimum atomic E-state index is -0.501. The Morgan fingerprint density at radius 3 is 0.478 bits per heavy atom. The molecule has 14 aromatic carbocycles. The van der Waals surface area contributed by atoms with Gasteiger partial charge in [0.05, 0.1) is 22.7 Å². The van der Waals surface area contributed by atoms with E-state index in [1.165, 1.54) is 112 Å². The highest BCUT2D eigenvalue weighted by atomic mass is 79.9. The molecule has 0 aliphatic heterocycles. The number of rotatable bonds is 14. The Balaban J connectivity index is 0.000000239. The van der Waals surface area contributed by atoms with E-state index in [1.54, 1.807) is 0 Å². The average Bonchev–Trinajstić information content (AvgIpc) is 0.692. The fourth-order valence-corrected chi connectivity index (χ4v) is 18.7. The summed E-state index contributed by atoms with van der Waals surface area (Å²) in [4.78, 5) is 10.2. The van der Waals surface area contributed by atoms with Crippen LogP contribution in [0.1, 0.15) is 156 Å². The monoisotopic (exact) mass is 1760 g/mol. The molecule has 0 fully saturated rings. The van der Waals surface area contributed by atoms with Crippen LogP contribution in [-0.4, -0.2) is 0 Å². The number of hydrogen-bond donors (Lipinski definition) is 1. The summed E-state index contributed by atoms with van der Waals surface area (Å²) in [6.45, 7) is 41.3. The Morgan fingerprint density at radius 2 is 0.322 bits per heavy atom. The lowest BCUT2D eigenvalue weighted by atomic mass is 9.59. The van der Waals surface area contributed by atoms with Crippen molar-refractivity contribution < 1.29 is 0 Å². The van der Waals surface area contributed by atoms with Crippen molar-refractivity contribution in [3.8, 4) is 0 Å². The average molecular weight is 1770 g/mol. The van der Waals surface area contributed by atoms with Gasteiger partial charge < -0.3 is 24.9 Å². The maximum atomic E-state index is 3.67. The third-order valence-electron chi connectivity index (χ3n) is 24.1. The molecule has 0 atom stereocenters. The highest BCUT2D eigenvalue weighted by Gasteiger charge is 2.47. The van der Waals surface area contributed by atoms with Crippen molar-refractivity contribution >= 4 is 143 Å². The van der Waals surface area contributed by atoms with E-state index in [1.807, 2.05) is 12.1 Å². The van der Waals surface area contributed by atoms with Gasteiger partial charge in [-0.15, -0.1) is 0 Å². The van der Waals surface area contributed by atoms with Gasteiger partial charge in [0.1, 0.15) is 0 Å². The fourth-order valence-electron chi connectivity index (χ4n) is 17.3. The normalized spacial score (nSPS) is 13.6. The summed E-state index contributed by atoms with van der Waals surface area (Å²) in [5.41, 5.74) is 37.7. The molecule has 0 saturated heterocycles. The van der Waals surface area contributed by atoms with Gasteiger partial charge in [0.15, 0.2) is 0 Å². The number of fused-ring (bicyclic) bond motifs is 4. The van der Waals surface area contributed by atoms with Gasteiger partial charge in [-0.3, -0.25) is 0 Å². The zero-order valence-electron chi connectivity index (χ0n) is 69.5. The number of halogens is 4. The van der Waals surface area contributed by atoms with E-state index in [9.17, 15) is 0 Å². The van der Waals surface area contributed by atoms with Crippen molar-refractivity contribution in [3.05, 3.63) is 409 Å². The molecule has 0 unspecified atom stereocenters. The van der Waals surface area contributed by atoms with Gasteiger partial charge in [0.2, 0.25) is 0 Å². The maximum absolute atomic E-state index is 3.67. The van der Waals surface area contributed by atoms with Crippen molar-refractivity contribution in [2.75, 3.05) is 24.9 Å². The number of para-hydroxylation sites is 10. The van der Waals surface area contributed by atoms with Gasteiger partial charge in [-0.25, -0.2) is 0 Å². The third kappa shape index (κ3) is 15.5. The largest absolute Gasteiger partial charge is 0.355 e. The molecule has 16 rings (SSSR count). The van der Waals surface area contributed by atoms with Crippen LogP contribution in [0.3, 0.4) is 0 Å². The van der Waals surface area contributed by atoms with Crippen LogP contribution in [0.15, 0.2) is 309 Å². The summed E-state index contributed by atoms with van der Waals surface area (Å²) in [6.07, 6.45) is 0. The standard InChI is InChI=1S/C74H72N4.C18H16Br4.C14H15N/c1-49-29-13-21-37-61(49)75(62-38-22-14-30-50(62)2)69-45-57-58(46-70(69)76(63-39-23-15-31-51(63)3)64-40-24-16-32-52(64)4)74(11,12)60-48-72(78(67-43-27-19-35-55(67)7)68-44-28-20-36-56(68)8)71(47-59(60)73(57,9)10)77(65-41-25-17-33-53(65)5)66-42-26-18-34-54(66)6;1-17(2)9-5-13(19)15(21)7-11(9)18(3,4)12-8-16(22)14(20)6-10(12)17;1-11-7-3-5-9-13(11)15-14-10-6-4-8-12(14)2/h13-48H,1-12H3;5-8H,1-4H3;3-10,15H,1-2H3. The van der Waals surface area contributed by atoms with Crippen molar-refractivity contribution in [1.82, 2.24) is 0 Å². The van der Waals surface area contributed by atoms with E-state index >= 15 is 0 Å². The summed E-state index contributed by atoms with van der Waals surface area (Å²) in [5.74, 6) is 0. The number of nitrogens with one attached hydrogen (secondary N) is 1. The van der Waals surface area contributed by atoms with Crippen LogP contribution < -0.4 is 24.9 Å².